The Hall–Kier alpha value is -1.85. The molecule has 2 fully saturated rings. The smallest absolute Gasteiger partial charge is 0.0722 e. The molecule has 1 saturated carbocycles. The van der Waals surface area contributed by atoms with Crippen LogP contribution in [0.1, 0.15) is 30.9 Å². The molecule has 2 heterocycles. The van der Waals surface area contributed by atoms with E-state index in [1.807, 2.05) is 24.4 Å². The van der Waals surface area contributed by atoms with Crippen LogP contribution < -0.4 is 16.2 Å². The first kappa shape index (κ1) is 18.2. The minimum absolute atomic E-state index is 0.235. The largest absolute Gasteiger partial charge is 0.382 e. The number of para-hydroxylation sites is 1. The molecule has 0 radical (unpaired) electrons. The van der Waals surface area contributed by atoms with E-state index in [1.54, 1.807) is 0 Å². The van der Waals surface area contributed by atoms with E-state index >= 15 is 0 Å². The Balaban J connectivity index is 1.37. The summed E-state index contributed by atoms with van der Waals surface area (Å²) in [6.07, 6.45) is 5.25. The van der Waals surface area contributed by atoms with E-state index < -0.39 is 0 Å². The molecule has 1 saturated heterocycles. The highest BCUT2D eigenvalue weighted by atomic mass is 35.5. The van der Waals surface area contributed by atoms with Gasteiger partial charge in [0, 0.05) is 29.4 Å². The predicted octanol–water partition coefficient (Wildman–Crippen LogP) is 5.34. The molecular weight excluding hydrogens is 391 g/mol. The van der Waals surface area contributed by atoms with Gasteiger partial charge in [-0.3, -0.25) is 10.4 Å². The van der Waals surface area contributed by atoms with Gasteiger partial charge in [-0.05, 0) is 55.0 Å². The van der Waals surface area contributed by atoms with Crippen molar-refractivity contribution in [3.05, 3.63) is 70.3 Å². The van der Waals surface area contributed by atoms with E-state index in [4.69, 9.17) is 23.2 Å². The fourth-order valence-electron chi connectivity index (χ4n) is 4.67. The maximum Gasteiger partial charge on any atom is 0.0722 e. The number of benzene rings is 2. The number of aromatic nitrogens is 1. The van der Waals surface area contributed by atoms with Crippen LogP contribution in [-0.2, 0) is 0 Å². The van der Waals surface area contributed by atoms with Gasteiger partial charge in [-0.15, -0.1) is 0 Å². The molecule has 4 nitrogen and oxygen atoms in total. The van der Waals surface area contributed by atoms with Crippen molar-refractivity contribution in [2.24, 2.45) is 5.92 Å². The predicted molar refractivity (Wildman–Crippen MR) is 116 cm³/mol. The lowest BCUT2D eigenvalue weighted by molar-refractivity contribution is 0.289. The Morgan fingerprint density at radius 2 is 1.86 bits per heavy atom. The van der Waals surface area contributed by atoms with Gasteiger partial charge in [0.15, 0.2) is 0 Å². The molecule has 2 aromatic carbocycles. The summed E-state index contributed by atoms with van der Waals surface area (Å²) in [5.74, 6) is 0.497. The summed E-state index contributed by atoms with van der Waals surface area (Å²) in [4.78, 5) is 4.47. The topological polar surface area (TPSA) is 49.0 Å². The summed E-state index contributed by atoms with van der Waals surface area (Å²) in [5, 5.41) is 6.17. The average Bonchev–Trinajstić information content (AvgIpc) is 3.14. The van der Waals surface area contributed by atoms with Crippen molar-refractivity contribution in [2.75, 3.05) is 5.32 Å². The standard InChI is InChI=1S/C22H22Cl2N4/c23-17-7-5-13(11-18(17)24)22-16-12-14(6-8-21(16)27-28-22)26-20-9-10-25-19-4-2-1-3-15(19)20/h1-5,7,9-11,14,16,21-22,27-28H,6,8,12H2,(H,25,26). The lowest BCUT2D eigenvalue weighted by Gasteiger charge is -2.34. The summed E-state index contributed by atoms with van der Waals surface area (Å²) in [6.45, 7) is 0. The molecule has 4 atom stereocenters. The zero-order valence-corrected chi connectivity index (χ0v) is 16.8. The Labute approximate surface area is 174 Å². The summed E-state index contributed by atoms with van der Waals surface area (Å²) in [5.41, 5.74) is 10.4. The first-order valence-electron chi connectivity index (χ1n) is 9.75. The second-order valence-corrected chi connectivity index (χ2v) is 8.55. The van der Waals surface area contributed by atoms with Crippen LogP contribution in [0.25, 0.3) is 10.9 Å². The van der Waals surface area contributed by atoms with Crippen LogP contribution in [-0.4, -0.2) is 17.1 Å². The number of hydrogen-bond acceptors (Lipinski definition) is 4. The van der Waals surface area contributed by atoms with Crippen molar-refractivity contribution < 1.29 is 0 Å². The summed E-state index contributed by atoms with van der Waals surface area (Å²) < 4.78 is 0. The van der Waals surface area contributed by atoms with E-state index in [0.717, 1.165) is 24.8 Å². The quantitative estimate of drug-likeness (QED) is 0.543. The number of fused-ring (bicyclic) bond motifs is 2. The second-order valence-electron chi connectivity index (χ2n) is 7.74. The molecular formula is C22H22Cl2N4. The third-order valence-corrected chi connectivity index (χ3v) is 6.80. The molecule has 4 unspecified atom stereocenters. The number of nitrogens with one attached hydrogen (secondary N) is 3. The first-order valence-corrected chi connectivity index (χ1v) is 10.5. The van der Waals surface area contributed by atoms with Gasteiger partial charge in [-0.1, -0.05) is 47.5 Å². The minimum Gasteiger partial charge on any atom is -0.382 e. The highest BCUT2D eigenvalue weighted by Gasteiger charge is 2.41. The molecule has 0 amide bonds. The number of halogens is 2. The van der Waals surface area contributed by atoms with Gasteiger partial charge in [0.1, 0.15) is 0 Å². The molecule has 2 aliphatic rings. The van der Waals surface area contributed by atoms with Crippen LogP contribution in [0.3, 0.4) is 0 Å². The van der Waals surface area contributed by atoms with E-state index in [1.165, 1.54) is 16.6 Å². The van der Waals surface area contributed by atoms with Crippen LogP contribution in [0.2, 0.25) is 10.0 Å². The van der Waals surface area contributed by atoms with Crippen LogP contribution in [0.15, 0.2) is 54.7 Å². The fourth-order valence-corrected chi connectivity index (χ4v) is 4.97. The third kappa shape index (κ3) is 3.35. The molecule has 3 N–H and O–H groups in total. The molecule has 1 aliphatic heterocycles. The Bertz CT molecular complexity index is 1000. The second kappa shape index (κ2) is 7.53. The Morgan fingerprint density at radius 1 is 0.964 bits per heavy atom. The van der Waals surface area contributed by atoms with Crippen molar-refractivity contribution in [1.82, 2.24) is 15.8 Å². The Kier molecular flexibility index (Phi) is 4.89. The molecule has 0 spiro atoms. The summed E-state index contributed by atoms with van der Waals surface area (Å²) in [6, 6.07) is 17.5. The number of rotatable bonds is 3. The molecule has 3 aromatic rings. The SMILES string of the molecule is Clc1ccc(C2NNC3CCC(Nc4ccnc5ccccc45)CC32)cc1Cl. The van der Waals surface area contributed by atoms with E-state index in [-0.39, 0.29) is 6.04 Å². The number of hydrogen-bond donors (Lipinski definition) is 3. The normalized spacial score (nSPS) is 26.9. The van der Waals surface area contributed by atoms with Crippen LogP contribution in [0.4, 0.5) is 5.69 Å². The summed E-state index contributed by atoms with van der Waals surface area (Å²) >= 11 is 12.4. The van der Waals surface area contributed by atoms with E-state index in [0.29, 0.717) is 28.0 Å². The van der Waals surface area contributed by atoms with Crippen molar-refractivity contribution in [1.29, 1.82) is 0 Å². The maximum atomic E-state index is 6.26. The van der Waals surface area contributed by atoms with Gasteiger partial charge in [0.05, 0.1) is 21.6 Å². The number of hydrazine groups is 1. The Morgan fingerprint density at radius 3 is 2.75 bits per heavy atom. The molecule has 1 aliphatic carbocycles. The highest BCUT2D eigenvalue weighted by Crippen LogP contribution is 2.40. The fraction of sp³-hybridized carbons (Fsp3) is 0.318. The third-order valence-electron chi connectivity index (χ3n) is 6.06. The zero-order chi connectivity index (χ0) is 19.1. The van der Waals surface area contributed by atoms with Gasteiger partial charge < -0.3 is 5.32 Å². The lowest BCUT2D eigenvalue weighted by atomic mass is 9.77. The van der Waals surface area contributed by atoms with Crippen molar-refractivity contribution in [3.63, 3.8) is 0 Å². The average molecular weight is 413 g/mol. The van der Waals surface area contributed by atoms with E-state index in [2.05, 4.69) is 51.5 Å². The van der Waals surface area contributed by atoms with Crippen molar-refractivity contribution >= 4 is 39.8 Å². The molecule has 28 heavy (non-hydrogen) atoms. The maximum absolute atomic E-state index is 6.26. The number of nitrogens with zero attached hydrogens (tertiary/aromatic N) is 1. The molecule has 0 bridgehead atoms. The molecule has 6 heteroatoms. The minimum atomic E-state index is 0.235. The summed E-state index contributed by atoms with van der Waals surface area (Å²) in [7, 11) is 0. The van der Waals surface area contributed by atoms with Crippen LogP contribution in [0, 0.1) is 5.92 Å². The van der Waals surface area contributed by atoms with Crippen LogP contribution >= 0.6 is 23.2 Å². The van der Waals surface area contributed by atoms with Gasteiger partial charge in [-0.25, -0.2) is 5.43 Å². The van der Waals surface area contributed by atoms with Crippen molar-refractivity contribution in [2.45, 2.75) is 37.4 Å². The van der Waals surface area contributed by atoms with Gasteiger partial charge in [-0.2, -0.15) is 0 Å². The highest BCUT2D eigenvalue weighted by molar-refractivity contribution is 6.42. The van der Waals surface area contributed by atoms with Crippen molar-refractivity contribution in [3.8, 4) is 0 Å². The van der Waals surface area contributed by atoms with Crippen LogP contribution in [0.5, 0.6) is 0 Å². The first-order chi connectivity index (χ1) is 13.7. The van der Waals surface area contributed by atoms with Gasteiger partial charge in [0.2, 0.25) is 0 Å². The number of anilines is 1. The van der Waals surface area contributed by atoms with Gasteiger partial charge >= 0.3 is 0 Å². The molecule has 1 aromatic heterocycles. The lowest BCUT2D eigenvalue weighted by Crippen LogP contribution is -2.39. The molecule has 5 rings (SSSR count). The number of pyridine rings is 1. The van der Waals surface area contributed by atoms with E-state index in [9.17, 15) is 0 Å². The zero-order valence-electron chi connectivity index (χ0n) is 15.3. The monoisotopic (exact) mass is 412 g/mol. The molecule has 144 valence electrons. The van der Waals surface area contributed by atoms with Gasteiger partial charge in [0.25, 0.3) is 0 Å².